The molecule has 1 aromatic heterocycles. The molecule has 0 radical (unpaired) electrons. The maximum absolute atomic E-state index is 12.7. The van der Waals surface area contributed by atoms with Crippen LogP contribution < -0.4 is 10.2 Å². The Kier molecular flexibility index (Phi) is 7.48. The van der Waals surface area contributed by atoms with Crippen LogP contribution in [0.15, 0.2) is 36.7 Å². The third-order valence-electron chi connectivity index (χ3n) is 6.15. The number of anilines is 1. The van der Waals surface area contributed by atoms with Crippen molar-refractivity contribution in [1.82, 2.24) is 20.2 Å². The first-order chi connectivity index (χ1) is 15.2. The predicted molar refractivity (Wildman–Crippen MR) is 122 cm³/mol. The molecule has 7 heteroatoms. The molecule has 0 saturated carbocycles. The SMILES string of the molecule is Cc1ccc(-c2cnc(N3CCC[C@@H](C(=O)NCCCN4CCOCC4)C3)nc2)cc1. The summed E-state index contributed by atoms with van der Waals surface area (Å²) in [5.41, 5.74) is 3.36. The van der Waals surface area contributed by atoms with Gasteiger partial charge in [0, 0.05) is 50.7 Å². The Labute approximate surface area is 184 Å². The monoisotopic (exact) mass is 423 g/mol. The van der Waals surface area contributed by atoms with Gasteiger partial charge in [0.05, 0.1) is 19.1 Å². The second-order valence-corrected chi connectivity index (χ2v) is 8.52. The molecule has 1 aromatic carbocycles. The van der Waals surface area contributed by atoms with Crippen LogP contribution in [0, 0.1) is 12.8 Å². The number of nitrogens with one attached hydrogen (secondary N) is 1. The molecule has 0 spiro atoms. The van der Waals surface area contributed by atoms with Gasteiger partial charge in [0.25, 0.3) is 0 Å². The first-order valence-electron chi connectivity index (χ1n) is 11.4. The Bertz CT molecular complexity index is 834. The van der Waals surface area contributed by atoms with Crippen LogP contribution in [0.25, 0.3) is 11.1 Å². The zero-order valence-electron chi connectivity index (χ0n) is 18.4. The molecular weight excluding hydrogens is 390 g/mol. The van der Waals surface area contributed by atoms with Gasteiger partial charge in [-0.3, -0.25) is 9.69 Å². The average molecular weight is 424 g/mol. The van der Waals surface area contributed by atoms with E-state index in [-0.39, 0.29) is 11.8 Å². The van der Waals surface area contributed by atoms with Gasteiger partial charge in [-0.1, -0.05) is 29.8 Å². The van der Waals surface area contributed by atoms with E-state index in [2.05, 4.69) is 56.3 Å². The molecule has 0 bridgehead atoms. The number of amides is 1. The molecular formula is C24H33N5O2. The first kappa shape index (κ1) is 21.7. The highest BCUT2D eigenvalue weighted by molar-refractivity contribution is 5.79. The van der Waals surface area contributed by atoms with E-state index in [1.54, 1.807) is 0 Å². The van der Waals surface area contributed by atoms with Gasteiger partial charge in [0.15, 0.2) is 0 Å². The Morgan fingerprint density at radius 2 is 1.84 bits per heavy atom. The Morgan fingerprint density at radius 3 is 2.58 bits per heavy atom. The molecule has 2 aromatic rings. The van der Waals surface area contributed by atoms with E-state index in [1.165, 1.54) is 5.56 Å². The highest BCUT2D eigenvalue weighted by Gasteiger charge is 2.27. The summed E-state index contributed by atoms with van der Waals surface area (Å²) >= 11 is 0. The number of nitrogens with zero attached hydrogens (tertiary/aromatic N) is 4. The first-order valence-corrected chi connectivity index (χ1v) is 11.4. The number of ether oxygens (including phenoxy) is 1. The molecule has 31 heavy (non-hydrogen) atoms. The van der Waals surface area contributed by atoms with Gasteiger partial charge in [-0.2, -0.15) is 0 Å². The van der Waals surface area contributed by atoms with Crippen molar-refractivity contribution >= 4 is 11.9 Å². The number of rotatable bonds is 7. The summed E-state index contributed by atoms with van der Waals surface area (Å²) in [4.78, 5) is 26.4. The van der Waals surface area contributed by atoms with Crippen molar-refractivity contribution in [2.75, 3.05) is 57.4 Å². The standard InChI is InChI=1S/C24H33N5O2/c1-19-5-7-20(8-6-19)22-16-26-24(27-17-22)29-11-2-4-21(18-29)23(30)25-9-3-10-28-12-14-31-15-13-28/h5-8,16-17,21H,2-4,9-15,18H2,1H3,(H,25,30)/t21-/m1/s1. The highest BCUT2D eigenvalue weighted by atomic mass is 16.5. The van der Waals surface area contributed by atoms with Crippen LogP contribution in [0.2, 0.25) is 0 Å². The van der Waals surface area contributed by atoms with Crippen LogP contribution in [0.5, 0.6) is 0 Å². The van der Waals surface area contributed by atoms with E-state index in [1.807, 2.05) is 12.4 Å². The van der Waals surface area contributed by atoms with E-state index in [4.69, 9.17) is 4.74 Å². The van der Waals surface area contributed by atoms with Crippen LogP contribution in [0.1, 0.15) is 24.8 Å². The number of piperidine rings is 1. The van der Waals surface area contributed by atoms with Gasteiger partial charge in [0.2, 0.25) is 11.9 Å². The zero-order valence-corrected chi connectivity index (χ0v) is 18.4. The summed E-state index contributed by atoms with van der Waals surface area (Å²) < 4.78 is 5.38. The van der Waals surface area contributed by atoms with Crippen molar-refractivity contribution < 1.29 is 9.53 Å². The number of hydrogen-bond acceptors (Lipinski definition) is 6. The minimum Gasteiger partial charge on any atom is -0.379 e. The smallest absolute Gasteiger partial charge is 0.225 e. The van der Waals surface area contributed by atoms with Crippen LogP contribution in [-0.2, 0) is 9.53 Å². The van der Waals surface area contributed by atoms with Crippen molar-refractivity contribution in [3.8, 4) is 11.1 Å². The van der Waals surface area contributed by atoms with Gasteiger partial charge in [0.1, 0.15) is 0 Å². The normalized spacial score (nSPS) is 19.9. The molecule has 166 valence electrons. The second kappa shape index (κ2) is 10.7. The van der Waals surface area contributed by atoms with E-state index < -0.39 is 0 Å². The molecule has 7 nitrogen and oxygen atoms in total. The minimum atomic E-state index is -0.00230. The lowest BCUT2D eigenvalue weighted by molar-refractivity contribution is -0.125. The fourth-order valence-corrected chi connectivity index (χ4v) is 4.24. The van der Waals surface area contributed by atoms with Crippen molar-refractivity contribution in [2.45, 2.75) is 26.2 Å². The zero-order chi connectivity index (χ0) is 21.5. The number of aryl methyl sites for hydroxylation is 1. The van der Waals surface area contributed by atoms with Crippen LogP contribution in [0.4, 0.5) is 5.95 Å². The number of carbonyl (C=O) groups excluding carboxylic acids is 1. The lowest BCUT2D eigenvalue weighted by atomic mass is 9.97. The fourth-order valence-electron chi connectivity index (χ4n) is 4.24. The molecule has 0 aliphatic carbocycles. The Hall–Kier alpha value is -2.51. The molecule has 1 amide bonds. The van der Waals surface area contributed by atoms with E-state index in [9.17, 15) is 4.79 Å². The predicted octanol–water partition coefficient (Wildman–Crippen LogP) is 2.51. The summed E-state index contributed by atoms with van der Waals surface area (Å²) in [6, 6.07) is 8.37. The average Bonchev–Trinajstić information content (AvgIpc) is 2.83. The van der Waals surface area contributed by atoms with Gasteiger partial charge < -0.3 is 15.0 Å². The Balaban J connectivity index is 1.25. The molecule has 0 unspecified atom stereocenters. The lowest BCUT2D eigenvalue weighted by Gasteiger charge is -2.32. The van der Waals surface area contributed by atoms with Crippen LogP contribution >= 0.6 is 0 Å². The number of morpholine rings is 1. The molecule has 3 heterocycles. The quantitative estimate of drug-likeness (QED) is 0.690. The maximum Gasteiger partial charge on any atom is 0.225 e. The Morgan fingerprint density at radius 1 is 1.10 bits per heavy atom. The highest BCUT2D eigenvalue weighted by Crippen LogP contribution is 2.23. The van der Waals surface area contributed by atoms with Crippen molar-refractivity contribution in [3.63, 3.8) is 0 Å². The third-order valence-corrected chi connectivity index (χ3v) is 6.15. The summed E-state index contributed by atoms with van der Waals surface area (Å²) in [5.74, 6) is 0.862. The molecule has 2 aliphatic rings. The number of aromatic nitrogens is 2. The molecule has 2 fully saturated rings. The second-order valence-electron chi connectivity index (χ2n) is 8.52. The lowest BCUT2D eigenvalue weighted by Crippen LogP contribution is -2.44. The van der Waals surface area contributed by atoms with Crippen molar-refractivity contribution in [2.24, 2.45) is 5.92 Å². The maximum atomic E-state index is 12.7. The molecule has 1 N–H and O–H groups in total. The van der Waals surface area contributed by atoms with E-state index in [0.717, 1.165) is 76.3 Å². The number of carbonyl (C=O) groups is 1. The summed E-state index contributed by atoms with van der Waals surface area (Å²) in [6.07, 6.45) is 6.64. The largest absolute Gasteiger partial charge is 0.379 e. The van der Waals surface area contributed by atoms with Crippen molar-refractivity contribution in [3.05, 3.63) is 42.2 Å². The summed E-state index contributed by atoms with van der Waals surface area (Å²) in [6.45, 7) is 9.02. The van der Waals surface area contributed by atoms with Gasteiger partial charge in [-0.15, -0.1) is 0 Å². The summed E-state index contributed by atoms with van der Waals surface area (Å²) in [5, 5.41) is 3.13. The van der Waals surface area contributed by atoms with Gasteiger partial charge in [-0.05, 0) is 38.3 Å². The number of benzene rings is 1. The molecule has 4 rings (SSSR count). The van der Waals surface area contributed by atoms with E-state index >= 15 is 0 Å². The minimum absolute atomic E-state index is 0.00230. The number of hydrogen-bond donors (Lipinski definition) is 1. The van der Waals surface area contributed by atoms with Crippen molar-refractivity contribution in [1.29, 1.82) is 0 Å². The van der Waals surface area contributed by atoms with E-state index in [0.29, 0.717) is 12.5 Å². The van der Waals surface area contributed by atoms with Crippen LogP contribution in [0.3, 0.4) is 0 Å². The molecule has 2 aliphatic heterocycles. The topological polar surface area (TPSA) is 70.6 Å². The molecule has 2 saturated heterocycles. The molecule has 1 atom stereocenters. The fraction of sp³-hybridized carbons (Fsp3) is 0.542. The van der Waals surface area contributed by atoms with Gasteiger partial charge in [-0.25, -0.2) is 9.97 Å². The van der Waals surface area contributed by atoms with Crippen LogP contribution in [-0.4, -0.2) is 73.3 Å². The summed E-state index contributed by atoms with van der Waals surface area (Å²) in [7, 11) is 0. The third kappa shape index (κ3) is 6.02. The van der Waals surface area contributed by atoms with Gasteiger partial charge >= 0.3 is 0 Å².